The Morgan fingerprint density at radius 1 is 1.30 bits per heavy atom. The van der Waals surface area contributed by atoms with E-state index in [1.54, 1.807) is 37.1 Å². The van der Waals surface area contributed by atoms with Crippen molar-refractivity contribution in [2.75, 3.05) is 12.4 Å². The highest BCUT2D eigenvalue weighted by atomic mass is 35.5. The van der Waals surface area contributed by atoms with Gasteiger partial charge in [0.15, 0.2) is 0 Å². The summed E-state index contributed by atoms with van der Waals surface area (Å²) in [5.74, 6) is -0.582. The van der Waals surface area contributed by atoms with E-state index in [1.165, 1.54) is 6.07 Å². The van der Waals surface area contributed by atoms with Crippen molar-refractivity contribution in [2.24, 2.45) is 0 Å². The molecule has 0 saturated heterocycles. The number of alkyl halides is 3. The number of amides is 1. The van der Waals surface area contributed by atoms with Crippen LogP contribution in [-0.4, -0.2) is 23.9 Å². The van der Waals surface area contributed by atoms with E-state index < -0.39 is 23.7 Å². The highest BCUT2D eigenvalue weighted by molar-refractivity contribution is 6.30. The number of nitriles is 1. The van der Waals surface area contributed by atoms with Gasteiger partial charge in [0.1, 0.15) is 0 Å². The van der Waals surface area contributed by atoms with Crippen LogP contribution in [0.2, 0.25) is 5.02 Å². The van der Waals surface area contributed by atoms with E-state index in [-0.39, 0.29) is 10.7 Å². The maximum atomic E-state index is 13.2. The Kier molecular flexibility index (Phi) is 6.47. The summed E-state index contributed by atoms with van der Waals surface area (Å²) in [6, 6.07) is 11.4. The average molecular weight is 396 g/mol. The van der Waals surface area contributed by atoms with Crippen LogP contribution >= 0.6 is 11.6 Å². The van der Waals surface area contributed by atoms with Crippen LogP contribution in [0.3, 0.4) is 0 Å². The molecule has 27 heavy (non-hydrogen) atoms. The van der Waals surface area contributed by atoms with E-state index in [9.17, 15) is 18.0 Å². The van der Waals surface area contributed by atoms with Gasteiger partial charge in [-0.25, -0.2) is 0 Å². The minimum Gasteiger partial charge on any atom is -0.324 e. The Morgan fingerprint density at radius 3 is 2.63 bits per heavy atom. The van der Waals surface area contributed by atoms with Crippen LogP contribution < -0.4 is 5.32 Å². The van der Waals surface area contributed by atoms with Gasteiger partial charge in [0.05, 0.1) is 28.9 Å². The van der Waals surface area contributed by atoms with Crippen molar-refractivity contribution in [3.63, 3.8) is 0 Å². The Hall–Kier alpha value is -2.56. The van der Waals surface area contributed by atoms with Crippen molar-refractivity contribution in [1.29, 1.82) is 5.26 Å². The zero-order chi connectivity index (χ0) is 20.2. The number of hydrogen-bond donors (Lipinski definition) is 1. The van der Waals surface area contributed by atoms with Gasteiger partial charge in [-0.1, -0.05) is 23.7 Å². The molecule has 0 spiro atoms. The third kappa shape index (κ3) is 5.46. The molecule has 2 rings (SSSR count). The van der Waals surface area contributed by atoms with Gasteiger partial charge >= 0.3 is 6.18 Å². The van der Waals surface area contributed by atoms with Gasteiger partial charge in [-0.3, -0.25) is 9.69 Å². The number of nitrogens with one attached hydrogen (secondary N) is 1. The first-order chi connectivity index (χ1) is 12.6. The summed E-state index contributed by atoms with van der Waals surface area (Å²) < 4.78 is 39.5. The third-order valence-corrected chi connectivity index (χ3v) is 4.31. The van der Waals surface area contributed by atoms with Crippen molar-refractivity contribution < 1.29 is 18.0 Å². The predicted octanol–water partition coefficient (Wildman–Crippen LogP) is 4.69. The molecule has 0 aliphatic carbocycles. The molecule has 1 amide bonds. The van der Waals surface area contributed by atoms with Crippen LogP contribution in [0.15, 0.2) is 42.5 Å². The molecule has 1 unspecified atom stereocenters. The highest BCUT2D eigenvalue weighted by Gasteiger charge is 2.34. The zero-order valence-electron chi connectivity index (χ0n) is 14.6. The minimum atomic E-state index is -4.64. The van der Waals surface area contributed by atoms with Gasteiger partial charge in [0, 0.05) is 11.6 Å². The largest absolute Gasteiger partial charge is 0.418 e. The van der Waals surface area contributed by atoms with Crippen molar-refractivity contribution in [3.8, 4) is 6.07 Å². The number of carbonyl (C=O) groups excluding carboxylic acids is 1. The van der Waals surface area contributed by atoms with Crippen LogP contribution in [0.1, 0.15) is 23.6 Å². The molecule has 2 aromatic carbocycles. The molecule has 1 N–H and O–H groups in total. The molecule has 2 aromatic rings. The third-order valence-electron chi connectivity index (χ3n) is 4.07. The summed E-state index contributed by atoms with van der Waals surface area (Å²) in [5.41, 5.74) is -0.0313. The van der Waals surface area contributed by atoms with E-state index in [4.69, 9.17) is 16.9 Å². The van der Waals surface area contributed by atoms with Crippen molar-refractivity contribution in [1.82, 2.24) is 4.90 Å². The fourth-order valence-corrected chi connectivity index (χ4v) is 2.63. The molecule has 4 nitrogen and oxygen atoms in total. The van der Waals surface area contributed by atoms with Crippen molar-refractivity contribution in [3.05, 3.63) is 64.2 Å². The quantitative estimate of drug-likeness (QED) is 0.799. The molecule has 0 aliphatic rings. The average Bonchev–Trinajstić information content (AvgIpc) is 2.61. The van der Waals surface area contributed by atoms with Crippen LogP contribution in [0.25, 0.3) is 0 Å². The van der Waals surface area contributed by atoms with Gasteiger partial charge in [-0.2, -0.15) is 18.4 Å². The molecule has 0 radical (unpaired) electrons. The topological polar surface area (TPSA) is 56.1 Å². The number of carbonyl (C=O) groups is 1. The first kappa shape index (κ1) is 20.7. The lowest BCUT2D eigenvalue weighted by molar-refractivity contribution is -0.137. The predicted molar refractivity (Wildman–Crippen MR) is 97.2 cm³/mol. The lowest BCUT2D eigenvalue weighted by Gasteiger charge is -2.24. The van der Waals surface area contributed by atoms with Crippen LogP contribution in [-0.2, 0) is 17.5 Å². The van der Waals surface area contributed by atoms with Crippen molar-refractivity contribution >= 4 is 23.2 Å². The Balaban J connectivity index is 2.12. The zero-order valence-corrected chi connectivity index (χ0v) is 15.4. The normalized spacial score (nSPS) is 12.5. The Morgan fingerprint density at radius 2 is 2.00 bits per heavy atom. The number of anilines is 1. The van der Waals surface area contributed by atoms with Gasteiger partial charge < -0.3 is 5.32 Å². The molecule has 8 heteroatoms. The van der Waals surface area contributed by atoms with E-state index in [0.29, 0.717) is 12.1 Å². The first-order valence-electron chi connectivity index (χ1n) is 7.98. The molecular weight excluding hydrogens is 379 g/mol. The Labute approximate surface area is 160 Å². The second-order valence-electron chi connectivity index (χ2n) is 6.08. The molecule has 0 fully saturated rings. The second-order valence-corrected chi connectivity index (χ2v) is 6.52. The maximum Gasteiger partial charge on any atom is 0.418 e. The minimum absolute atomic E-state index is 0.0668. The monoisotopic (exact) mass is 395 g/mol. The molecule has 0 aromatic heterocycles. The van der Waals surface area contributed by atoms with E-state index in [2.05, 4.69) is 5.32 Å². The van der Waals surface area contributed by atoms with E-state index >= 15 is 0 Å². The lowest BCUT2D eigenvalue weighted by atomic mass is 10.1. The number of benzene rings is 2. The Bertz CT molecular complexity index is 877. The number of rotatable bonds is 5. The standard InChI is InChI=1S/C19H17ClF3N3O/c1-12(26(2)11-14-5-3-4-13(8-14)10-24)18(27)25-17-7-6-15(20)9-16(17)19(21,22)23/h3-9,12H,11H2,1-2H3,(H,25,27). The highest BCUT2D eigenvalue weighted by Crippen LogP contribution is 2.36. The van der Waals surface area contributed by atoms with Crippen molar-refractivity contribution in [2.45, 2.75) is 25.7 Å². The molecular formula is C19H17ClF3N3O. The molecule has 1 atom stereocenters. The molecule has 142 valence electrons. The number of nitrogens with zero attached hydrogens (tertiary/aromatic N) is 2. The van der Waals surface area contributed by atoms with E-state index in [1.807, 2.05) is 12.1 Å². The smallest absolute Gasteiger partial charge is 0.324 e. The summed E-state index contributed by atoms with van der Waals surface area (Å²) in [6.07, 6.45) is -4.64. The number of likely N-dealkylation sites (N-methyl/N-ethyl adjacent to an activating group) is 1. The van der Waals surface area contributed by atoms with Crippen LogP contribution in [0.5, 0.6) is 0 Å². The fraction of sp³-hybridized carbons (Fsp3) is 0.263. The van der Waals surface area contributed by atoms with Gasteiger partial charge in [-0.05, 0) is 49.9 Å². The van der Waals surface area contributed by atoms with E-state index in [0.717, 1.165) is 17.7 Å². The molecule has 0 aliphatic heterocycles. The number of hydrogen-bond acceptors (Lipinski definition) is 3. The lowest BCUT2D eigenvalue weighted by Crippen LogP contribution is -2.39. The molecule has 0 bridgehead atoms. The SMILES string of the molecule is CC(C(=O)Nc1ccc(Cl)cc1C(F)(F)F)N(C)Cc1cccc(C#N)c1. The summed E-state index contributed by atoms with van der Waals surface area (Å²) in [5, 5.41) is 11.2. The summed E-state index contributed by atoms with van der Waals surface area (Å²) in [4.78, 5) is 14.1. The fourth-order valence-electron chi connectivity index (χ4n) is 2.46. The summed E-state index contributed by atoms with van der Waals surface area (Å²) >= 11 is 5.64. The summed E-state index contributed by atoms with van der Waals surface area (Å²) in [7, 11) is 1.68. The number of halogens is 4. The van der Waals surface area contributed by atoms with Gasteiger partial charge in [0.25, 0.3) is 0 Å². The van der Waals surface area contributed by atoms with Gasteiger partial charge in [-0.15, -0.1) is 0 Å². The van der Waals surface area contributed by atoms with Gasteiger partial charge in [0.2, 0.25) is 5.91 Å². The van der Waals surface area contributed by atoms with Crippen LogP contribution in [0.4, 0.5) is 18.9 Å². The molecule has 0 heterocycles. The second kappa shape index (κ2) is 8.42. The van der Waals surface area contributed by atoms with Crippen LogP contribution in [0, 0.1) is 11.3 Å². The molecule has 0 saturated carbocycles. The first-order valence-corrected chi connectivity index (χ1v) is 8.36. The maximum absolute atomic E-state index is 13.2. The summed E-state index contributed by atoms with van der Waals surface area (Å²) in [6.45, 7) is 1.95.